The molecule has 2 aromatic rings. The van der Waals surface area contributed by atoms with Crippen LogP contribution < -0.4 is 0 Å². The van der Waals surface area contributed by atoms with Crippen molar-refractivity contribution in [3.05, 3.63) is 59.2 Å². The van der Waals surface area contributed by atoms with Gasteiger partial charge in [0.2, 0.25) is 0 Å². The van der Waals surface area contributed by atoms with Crippen molar-refractivity contribution in [2.75, 3.05) is 0 Å². The average Bonchev–Trinajstić information content (AvgIpc) is 2.75. The molecule has 3 nitrogen and oxygen atoms in total. The first kappa shape index (κ1) is 11.1. The Morgan fingerprint density at radius 2 is 1.61 bits per heavy atom. The zero-order valence-electron chi connectivity index (χ0n) is 10.0. The Kier molecular flexibility index (Phi) is 2.68. The van der Waals surface area contributed by atoms with Gasteiger partial charge in [0.25, 0.3) is 0 Å². The summed E-state index contributed by atoms with van der Waals surface area (Å²) in [6, 6.07) is 13.2. The van der Waals surface area contributed by atoms with Crippen LogP contribution in [0.15, 0.2) is 42.5 Å². The van der Waals surface area contributed by atoms with Gasteiger partial charge < -0.3 is 10.2 Å². The Bertz CT molecular complexity index is 555. The van der Waals surface area contributed by atoms with Crippen molar-refractivity contribution in [3.63, 3.8) is 0 Å². The highest BCUT2D eigenvalue weighted by Crippen LogP contribution is 2.28. The molecule has 1 heterocycles. The maximum Gasteiger partial charge on any atom is 0.123 e. The number of aromatic hydroxyl groups is 2. The highest BCUT2D eigenvalue weighted by Gasteiger charge is 2.19. The lowest BCUT2D eigenvalue weighted by Gasteiger charge is -2.15. The third kappa shape index (κ3) is 2.05. The minimum absolute atomic E-state index is 0.0981. The quantitative estimate of drug-likeness (QED) is 0.849. The number of nitrogens with zero attached hydrogens (tertiary/aromatic N) is 1. The van der Waals surface area contributed by atoms with Gasteiger partial charge >= 0.3 is 0 Å². The number of hydrogen-bond donors (Lipinski definition) is 2. The van der Waals surface area contributed by atoms with Gasteiger partial charge in [-0.25, -0.2) is 0 Å². The summed E-state index contributed by atoms with van der Waals surface area (Å²) in [5, 5.41) is 19.0. The molecule has 0 radical (unpaired) electrons. The van der Waals surface area contributed by atoms with Crippen LogP contribution >= 0.6 is 0 Å². The largest absolute Gasteiger partial charge is 0.508 e. The van der Waals surface area contributed by atoms with Gasteiger partial charge in [-0.3, -0.25) is 4.90 Å². The fraction of sp³-hybridized carbons (Fsp3) is 0.200. The van der Waals surface area contributed by atoms with E-state index in [0.717, 1.165) is 18.7 Å². The van der Waals surface area contributed by atoms with Crippen LogP contribution in [-0.4, -0.2) is 15.1 Å². The molecule has 18 heavy (non-hydrogen) atoms. The van der Waals surface area contributed by atoms with Crippen molar-refractivity contribution in [1.82, 2.24) is 4.90 Å². The first-order chi connectivity index (χ1) is 8.72. The van der Waals surface area contributed by atoms with E-state index in [4.69, 9.17) is 0 Å². The lowest BCUT2D eigenvalue weighted by Crippen LogP contribution is -2.15. The Morgan fingerprint density at radius 3 is 2.22 bits per heavy atom. The SMILES string of the molecule is Oc1ccc(CN2Cc3ccccc3C2)c(O)c1. The van der Waals surface area contributed by atoms with Gasteiger partial charge in [0.1, 0.15) is 11.5 Å². The molecule has 1 aliphatic rings. The topological polar surface area (TPSA) is 43.7 Å². The predicted molar refractivity (Wildman–Crippen MR) is 69.2 cm³/mol. The van der Waals surface area contributed by atoms with Crippen molar-refractivity contribution in [1.29, 1.82) is 0 Å². The zero-order valence-corrected chi connectivity index (χ0v) is 10.0. The van der Waals surface area contributed by atoms with Gasteiger partial charge in [-0.05, 0) is 17.2 Å². The lowest BCUT2D eigenvalue weighted by atomic mass is 10.1. The van der Waals surface area contributed by atoms with Crippen molar-refractivity contribution >= 4 is 0 Å². The van der Waals surface area contributed by atoms with Crippen LogP contribution in [0.2, 0.25) is 0 Å². The Balaban J connectivity index is 1.76. The number of phenolic OH excluding ortho intramolecular Hbond substituents is 2. The zero-order chi connectivity index (χ0) is 12.5. The highest BCUT2D eigenvalue weighted by molar-refractivity contribution is 5.39. The van der Waals surface area contributed by atoms with E-state index >= 15 is 0 Å². The molecule has 0 saturated carbocycles. The van der Waals surface area contributed by atoms with Gasteiger partial charge in [0, 0.05) is 31.3 Å². The van der Waals surface area contributed by atoms with Crippen molar-refractivity contribution in [3.8, 4) is 11.5 Å². The fourth-order valence-electron chi connectivity index (χ4n) is 2.44. The summed E-state index contributed by atoms with van der Waals surface area (Å²) >= 11 is 0. The molecule has 0 aromatic heterocycles. The third-order valence-electron chi connectivity index (χ3n) is 3.37. The first-order valence-corrected chi connectivity index (χ1v) is 6.02. The summed E-state index contributed by atoms with van der Waals surface area (Å²) in [5.74, 6) is 0.256. The summed E-state index contributed by atoms with van der Waals surface area (Å²) in [7, 11) is 0. The molecule has 3 heteroatoms. The number of hydrogen-bond acceptors (Lipinski definition) is 3. The number of phenols is 2. The Hall–Kier alpha value is -2.00. The van der Waals surface area contributed by atoms with Crippen LogP contribution in [0.3, 0.4) is 0 Å². The van der Waals surface area contributed by atoms with E-state index in [9.17, 15) is 10.2 Å². The minimum Gasteiger partial charge on any atom is -0.508 e. The highest BCUT2D eigenvalue weighted by atomic mass is 16.3. The van der Waals surface area contributed by atoms with Crippen LogP contribution in [0.1, 0.15) is 16.7 Å². The standard InChI is InChI=1S/C15H15NO2/c17-14-6-5-13(15(18)7-14)10-16-8-11-3-1-2-4-12(11)9-16/h1-7,17-18H,8-10H2. The second-order valence-electron chi connectivity index (χ2n) is 4.73. The molecule has 0 saturated heterocycles. The summed E-state index contributed by atoms with van der Waals surface area (Å²) in [5.41, 5.74) is 3.56. The molecular weight excluding hydrogens is 226 g/mol. The molecule has 0 atom stereocenters. The normalized spacial score (nSPS) is 14.7. The smallest absolute Gasteiger partial charge is 0.123 e. The van der Waals surface area contributed by atoms with Crippen LogP contribution in [0, 0.1) is 0 Å². The van der Waals surface area contributed by atoms with Crippen molar-refractivity contribution in [2.24, 2.45) is 0 Å². The predicted octanol–water partition coefficient (Wildman–Crippen LogP) is 2.61. The van der Waals surface area contributed by atoms with Crippen LogP contribution in [0.5, 0.6) is 11.5 Å². The summed E-state index contributed by atoms with van der Waals surface area (Å²) < 4.78 is 0. The maximum atomic E-state index is 9.78. The second kappa shape index (κ2) is 4.35. The fourth-order valence-corrected chi connectivity index (χ4v) is 2.44. The molecule has 2 N–H and O–H groups in total. The Labute approximate surface area is 106 Å². The van der Waals surface area contributed by atoms with Crippen molar-refractivity contribution in [2.45, 2.75) is 19.6 Å². The van der Waals surface area contributed by atoms with Crippen LogP contribution in [-0.2, 0) is 19.6 Å². The Morgan fingerprint density at radius 1 is 0.944 bits per heavy atom. The van der Waals surface area contributed by atoms with E-state index < -0.39 is 0 Å². The van der Waals surface area contributed by atoms with Gasteiger partial charge in [0.05, 0.1) is 0 Å². The molecule has 0 amide bonds. The van der Waals surface area contributed by atoms with E-state index in [0.29, 0.717) is 6.54 Å². The van der Waals surface area contributed by atoms with Gasteiger partial charge in [-0.15, -0.1) is 0 Å². The monoisotopic (exact) mass is 241 g/mol. The number of benzene rings is 2. The molecule has 1 aliphatic heterocycles. The molecule has 0 bridgehead atoms. The van der Waals surface area contributed by atoms with Gasteiger partial charge in [0.15, 0.2) is 0 Å². The van der Waals surface area contributed by atoms with E-state index in [-0.39, 0.29) is 11.5 Å². The summed E-state index contributed by atoms with van der Waals surface area (Å²) in [4.78, 5) is 2.27. The first-order valence-electron chi connectivity index (χ1n) is 6.02. The number of fused-ring (bicyclic) bond motifs is 1. The molecule has 0 fully saturated rings. The third-order valence-corrected chi connectivity index (χ3v) is 3.37. The maximum absolute atomic E-state index is 9.78. The summed E-state index contributed by atoms with van der Waals surface area (Å²) in [6.45, 7) is 2.52. The molecule has 0 aliphatic carbocycles. The van der Waals surface area contributed by atoms with Crippen LogP contribution in [0.4, 0.5) is 0 Å². The van der Waals surface area contributed by atoms with E-state index in [1.165, 1.54) is 17.2 Å². The van der Waals surface area contributed by atoms with Crippen molar-refractivity contribution < 1.29 is 10.2 Å². The second-order valence-corrected chi connectivity index (χ2v) is 4.73. The molecule has 2 aromatic carbocycles. The van der Waals surface area contributed by atoms with Gasteiger partial charge in [-0.1, -0.05) is 30.3 Å². The molecule has 3 rings (SSSR count). The number of rotatable bonds is 2. The van der Waals surface area contributed by atoms with Crippen LogP contribution in [0.25, 0.3) is 0 Å². The lowest BCUT2D eigenvalue weighted by molar-refractivity contribution is 0.271. The van der Waals surface area contributed by atoms with E-state index in [1.54, 1.807) is 12.1 Å². The van der Waals surface area contributed by atoms with Gasteiger partial charge in [-0.2, -0.15) is 0 Å². The minimum atomic E-state index is 0.0981. The molecular formula is C15H15NO2. The molecule has 0 spiro atoms. The molecule has 0 unspecified atom stereocenters. The molecule has 92 valence electrons. The average molecular weight is 241 g/mol. The summed E-state index contributed by atoms with van der Waals surface area (Å²) in [6.07, 6.45) is 0. The van der Waals surface area contributed by atoms with E-state index in [2.05, 4.69) is 29.2 Å². The van der Waals surface area contributed by atoms with E-state index in [1.807, 2.05) is 0 Å².